The Bertz CT molecular complexity index is 1620. The summed E-state index contributed by atoms with van der Waals surface area (Å²) in [5.74, 6) is -2.77. The quantitative estimate of drug-likeness (QED) is 0.124. The maximum absolute atomic E-state index is 13.9. The second-order valence-corrected chi connectivity index (χ2v) is 11.0. The van der Waals surface area contributed by atoms with Gasteiger partial charge in [-0.1, -0.05) is 30.3 Å². The summed E-state index contributed by atoms with van der Waals surface area (Å²) in [7, 11) is 0. The Hall–Kier alpha value is -5.17. The number of carboxylic acid groups (broad SMARTS) is 1. The molecule has 1 saturated heterocycles. The van der Waals surface area contributed by atoms with Crippen molar-refractivity contribution in [2.45, 2.75) is 56.3 Å². The molecule has 8 N–H and O–H groups in total. The normalized spacial score (nSPS) is 16.8. The molecule has 0 bridgehead atoms. The molecule has 230 valence electrons. The van der Waals surface area contributed by atoms with Crippen molar-refractivity contribution in [2.24, 2.45) is 5.73 Å². The van der Waals surface area contributed by atoms with Crippen LogP contribution in [0.2, 0.25) is 0 Å². The number of benzene rings is 2. The number of carbonyl (C=O) groups excluding carboxylic acids is 3. The van der Waals surface area contributed by atoms with Crippen molar-refractivity contribution in [1.29, 1.82) is 0 Å². The van der Waals surface area contributed by atoms with Crippen molar-refractivity contribution < 1.29 is 29.4 Å². The Balaban J connectivity index is 1.28. The van der Waals surface area contributed by atoms with Crippen LogP contribution in [-0.2, 0) is 38.4 Å². The molecule has 13 nitrogen and oxygen atoms in total. The summed E-state index contributed by atoms with van der Waals surface area (Å²) in [5, 5.41) is 25.6. The Morgan fingerprint density at radius 1 is 1.00 bits per heavy atom. The van der Waals surface area contributed by atoms with Gasteiger partial charge in [0.1, 0.15) is 23.9 Å². The number of likely N-dealkylation sites (tertiary alicyclic amines) is 1. The van der Waals surface area contributed by atoms with E-state index in [9.17, 15) is 29.4 Å². The first kappa shape index (κ1) is 30.3. The number of hydrogen-bond acceptors (Lipinski definition) is 7. The molecule has 2 aromatic carbocycles. The molecule has 4 unspecified atom stereocenters. The molecule has 13 heteroatoms. The van der Waals surface area contributed by atoms with Crippen LogP contribution < -0.4 is 16.4 Å². The molecule has 2 aromatic heterocycles. The molecule has 1 aliphatic rings. The van der Waals surface area contributed by atoms with E-state index in [-0.39, 0.29) is 31.6 Å². The molecule has 0 saturated carbocycles. The van der Waals surface area contributed by atoms with Gasteiger partial charge in [-0.2, -0.15) is 0 Å². The summed E-state index contributed by atoms with van der Waals surface area (Å²) in [5.41, 5.74) is 9.31. The van der Waals surface area contributed by atoms with E-state index < -0.39 is 47.9 Å². The third-order valence-corrected chi connectivity index (χ3v) is 7.87. The van der Waals surface area contributed by atoms with Gasteiger partial charge in [0.05, 0.1) is 12.4 Å². The van der Waals surface area contributed by atoms with Crippen molar-refractivity contribution in [2.75, 3.05) is 6.54 Å². The van der Waals surface area contributed by atoms with E-state index in [1.54, 1.807) is 18.3 Å². The average Bonchev–Trinajstić information content (AvgIpc) is 3.79. The zero-order chi connectivity index (χ0) is 31.2. The maximum Gasteiger partial charge on any atom is 0.326 e. The molecule has 44 heavy (non-hydrogen) atoms. The van der Waals surface area contributed by atoms with Gasteiger partial charge in [0.15, 0.2) is 0 Å². The number of H-pyrrole nitrogens is 2. The molecule has 1 aliphatic heterocycles. The maximum atomic E-state index is 13.9. The summed E-state index contributed by atoms with van der Waals surface area (Å²) in [6, 6.07) is 9.57. The van der Waals surface area contributed by atoms with Crippen molar-refractivity contribution in [3.05, 3.63) is 84.1 Å². The fourth-order valence-corrected chi connectivity index (χ4v) is 5.56. The minimum absolute atomic E-state index is 0.00512. The highest BCUT2D eigenvalue weighted by Gasteiger charge is 2.39. The van der Waals surface area contributed by atoms with Gasteiger partial charge in [-0.15, -0.1) is 0 Å². The van der Waals surface area contributed by atoms with E-state index in [4.69, 9.17) is 5.73 Å². The van der Waals surface area contributed by atoms with E-state index in [0.717, 1.165) is 16.5 Å². The summed E-state index contributed by atoms with van der Waals surface area (Å²) in [4.78, 5) is 64.0. The second-order valence-electron chi connectivity index (χ2n) is 11.0. The van der Waals surface area contributed by atoms with Crippen LogP contribution in [0.25, 0.3) is 10.9 Å². The summed E-state index contributed by atoms with van der Waals surface area (Å²) >= 11 is 0. The van der Waals surface area contributed by atoms with Crippen molar-refractivity contribution >= 4 is 34.6 Å². The lowest BCUT2D eigenvalue weighted by Crippen LogP contribution is -2.57. The van der Waals surface area contributed by atoms with Gasteiger partial charge in [-0.25, -0.2) is 9.78 Å². The minimum Gasteiger partial charge on any atom is -0.508 e. The van der Waals surface area contributed by atoms with Crippen LogP contribution in [0, 0.1) is 0 Å². The molecule has 1 fully saturated rings. The third kappa shape index (κ3) is 7.06. The van der Waals surface area contributed by atoms with Crippen molar-refractivity contribution in [1.82, 2.24) is 30.5 Å². The van der Waals surface area contributed by atoms with E-state index in [0.29, 0.717) is 24.1 Å². The molecule has 5 rings (SSSR count). The molecule has 3 amide bonds. The predicted octanol–water partition coefficient (Wildman–Crippen LogP) is 0.997. The number of carboxylic acids is 1. The summed E-state index contributed by atoms with van der Waals surface area (Å²) in [6.07, 6.45) is 6.03. The first-order valence-electron chi connectivity index (χ1n) is 14.4. The Kier molecular flexibility index (Phi) is 9.24. The smallest absolute Gasteiger partial charge is 0.326 e. The zero-order valence-corrected chi connectivity index (χ0v) is 23.9. The minimum atomic E-state index is -1.24. The van der Waals surface area contributed by atoms with Crippen LogP contribution in [0.4, 0.5) is 0 Å². The number of aromatic nitrogens is 3. The highest BCUT2D eigenvalue weighted by molar-refractivity contribution is 5.95. The van der Waals surface area contributed by atoms with Gasteiger partial charge >= 0.3 is 5.97 Å². The van der Waals surface area contributed by atoms with Gasteiger partial charge in [0.25, 0.3) is 0 Å². The number of rotatable bonds is 12. The predicted molar refractivity (Wildman–Crippen MR) is 160 cm³/mol. The Morgan fingerprint density at radius 2 is 1.77 bits per heavy atom. The van der Waals surface area contributed by atoms with Gasteiger partial charge in [-0.3, -0.25) is 14.4 Å². The standard InChI is InChI=1S/C31H35N7O6/c32-23(13-19-15-34-24-5-2-1-4-22(19)24)28(40)36-25(14-20-16-33-17-35-20)30(42)38-11-3-6-27(38)29(41)37-26(31(43)44)12-18-7-9-21(39)10-8-18/h1-2,4-5,7-10,15-17,23,25-27,34,39H,3,6,11-14,32H2,(H,33,35)(H,36,40)(H,37,41)(H,43,44). The van der Waals surface area contributed by atoms with Gasteiger partial charge < -0.3 is 41.4 Å². The summed E-state index contributed by atoms with van der Waals surface area (Å²) < 4.78 is 0. The highest BCUT2D eigenvalue weighted by atomic mass is 16.4. The van der Waals surface area contributed by atoms with E-state index >= 15 is 0 Å². The molecule has 0 aliphatic carbocycles. The summed E-state index contributed by atoms with van der Waals surface area (Å²) in [6.45, 7) is 0.267. The van der Waals surface area contributed by atoms with Crippen LogP contribution in [0.3, 0.4) is 0 Å². The van der Waals surface area contributed by atoms with E-state index in [2.05, 4.69) is 25.6 Å². The van der Waals surface area contributed by atoms with Crippen LogP contribution in [-0.4, -0.2) is 84.5 Å². The molecule has 0 radical (unpaired) electrons. The van der Waals surface area contributed by atoms with E-state index in [1.807, 2.05) is 30.5 Å². The lowest BCUT2D eigenvalue weighted by molar-refractivity contribution is -0.144. The number of phenolic OH excluding ortho intramolecular Hbond substituents is 1. The number of nitrogens with one attached hydrogen (secondary N) is 4. The van der Waals surface area contributed by atoms with Crippen molar-refractivity contribution in [3.8, 4) is 5.75 Å². The number of hydrogen-bond donors (Lipinski definition) is 7. The first-order valence-corrected chi connectivity index (χ1v) is 14.4. The number of nitrogens with two attached hydrogens (primary N) is 1. The number of nitrogens with zero attached hydrogens (tertiary/aromatic N) is 2. The zero-order valence-electron chi connectivity index (χ0n) is 23.9. The lowest BCUT2D eigenvalue weighted by Gasteiger charge is -2.30. The molecular formula is C31H35N7O6. The molecule has 4 atom stereocenters. The molecule has 0 spiro atoms. The Morgan fingerprint density at radius 3 is 2.50 bits per heavy atom. The highest BCUT2D eigenvalue weighted by Crippen LogP contribution is 2.21. The van der Waals surface area contributed by atoms with Gasteiger partial charge in [0, 0.05) is 48.4 Å². The number of phenols is 1. The van der Waals surface area contributed by atoms with Crippen LogP contribution in [0.15, 0.2) is 67.3 Å². The topological polar surface area (TPSA) is 207 Å². The average molecular weight is 602 g/mol. The molecular weight excluding hydrogens is 566 g/mol. The number of fused-ring (bicyclic) bond motifs is 1. The van der Waals surface area contributed by atoms with Crippen LogP contribution >= 0.6 is 0 Å². The molecule has 3 heterocycles. The fourth-order valence-electron chi connectivity index (χ4n) is 5.56. The second kappa shape index (κ2) is 13.4. The monoisotopic (exact) mass is 601 g/mol. The largest absolute Gasteiger partial charge is 0.508 e. The van der Waals surface area contributed by atoms with Crippen molar-refractivity contribution in [3.63, 3.8) is 0 Å². The number of carbonyl (C=O) groups is 4. The number of aliphatic carboxylic acids is 1. The number of imidazole rings is 1. The SMILES string of the molecule is NC(Cc1c[nH]c2ccccc12)C(=O)NC(Cc1cnc[nH]1)C(=O)N1CCCC1C(=O)NC(Cc1ccc(O)cc1)C(=O)O. The Labute approximate surface area is 252 Å². The number of aromatic hydroxyl groups is 1. The third-order valence-electron chi connectivity index (χ3n) is 7.87. The van der Waals surface area contributed by atoms with Crippen LogP contribution in [0.5, 0.6) is 5.75 Å². The number of amides is 3. The van der Waals surface area contributed by atoms with Gasteiger partial charge in [-0.05, 0) is 48.6 Å². The first-order chi connectivity index (χ1) is 21.2. The fraction of sp³-hybridized carbons (Fsp3) is 0.323. The van der Waals surface area contributed by atoms with E-state index in [1.165, 1.54) is 23.4 Å². The lowest BCUT2D eigenvalue weighted by atomic mass is 10.0. The molecule has 4 aromatic rings. The van der Waals surface area contributed by atoms with Crippen LogP contribution in [0.1, 0.15) is 29.7 Å². The van der Waals surface area contributed by atoms with Gasteiger partial charge in [0.2, 0.25) is 17.7 Å². The number of aromatic amines is 2. The number of para-hydroxylation sites is 1.